The predicted octanol–water partition coefficient (Wildman–Crippen LogP) is 5.79. The molecule has 1 atom stereocenters. The van der Waals surface area contributed by atoms with Crippen LogP contribution < -0.4 is 4.74 Å². The van der Waals surface area contributed by atoms with Crippen LogP contribution in [0.2, 0.25) is 0 Å². The molecule has 8 heteroatoms. The highest BCUT2D eigenvalue weighted by molar-refractivity contribution is 5.85. The number of hydrogen-bond donors (Lipinski definition) is 0. The van der Waals surface area contributed by atoms with Crippen LogP contribution >= 0.6 is 0 Å². The summed E-state index contributed by atoms with van der Waals surface area (Å²) in [6.45, 7) is 8.20. The van der Waals surface area contributed by atoms with E-state index in [1.54, 1.807) is 18.5 Å². The van der Waals surface area contributed by atoms with Crippen LogP contribution in [0.3, 0.4) is 0 Å². The number of nitrogens with zero attached hydrogens (tertiary/aromatic N) is 2. The lowest BCUT2D eigenvalue weighted by Gasteiger charge is -2.23. The van der Waals surface area contributed by atoms with E-state index < -0.39 is 11.7 Å². The lowest BCUT2D eigenvalue weighted by atomic mass is 10.1. The van der Waals surface area contributed by atoms with E-state index >= 15 is 0 Å². The van der Waals surface area contributed by atoms with Gasteiger partial charge in [-0.15, -0.1) is 0 Å². The number of imidazole rings is 1. The number of alkyl halides is 3. The molecule has 1 aliphatic rings. The average Bonchev–Trinajstić information content (AvgIpc) is 2.95. The molecule has 1 aromatic heterocycles. The Balaban J connectivity index is 0.00000136. The second-order valence-electron chi connectivity index (χ2n) is 6.48. The van der Waals surface area contributed by atoms with Crippen molar-refractivity contribution in [1.82, 2.24) is 9.55 Å². The van der Waals surface area contributed by atoms with Gasteiger partial charge in [0.1, 0.15) is 17.9 Å². The van der Waals surface area contributed by atoms with Gasteiger partial charge in [-0.3, -0.25) is 0 Å². The molecule has 166 valence electrons. The van der Waals surface area contributed by atoms with Gasteiger partial charge < -0.3 is 18.8 Å². The zero-order chi connectivity index (χ0) is 20.9. The summed E-state index contributed by atoms with van der Waals surface area (Å²) in [5.41, 5.74) is 0.160. The molecule has 5 nitrogen and oxygen atoms in total. The molecule has 1 unspecified atom stereocenters. The summed E-state index contributed by atoms with van der Waals surface area (Å²) in [5.74, 6) is 0.780. The summed E-state index contributed by atoms with van der Waals surface area (Å²) in [4.78, 5) is 4.37. The van der Waals surface area contributed by atoms with E-state index in [0.717, 1.165) is 25.3 Å². The molecule has 0 saturated carbocycles. The number of benzene rings is 1. The minimum Gasteiger partial charge on any atom is -0.489 e. The number of aromatic nitrogens is 2. The third-order valence-electron chi connectivity index (χ3n) is 4.68. The van der Waals surface area contributed by atoms with Gasteiger partial charge >= 0.3 is 6.18 Å². The Bertz CT molecular complexity index is 782. The molecule has 0 bridgehead atoms. The molecule has 0 aliphatic carbocycles. The topological polar surface area (TPSA) is 45.5 Å². The molecule has 0 radical (unpaired) electrons. The third kappa shape index (κ3) is 5.85. The second kappa shape index (κ2) is 10.8. The summed E-state index contributed by atoms with van der Waals surface area (Å²) in [5, 5.41) is 0. The summed E-state index contributed by atoms with van der Waals surface area (Å²) in [6, 6.07) is 1.13. The van der Waals surface area contributed by atoms with Crippen molar-refractivity contribution in [3.8, 4) is 5.75 Å². The van der Waals surface area contributed by atoms with E-state index in [4.69, 9.17) is 14.2 Å². The summed E-state index contributed by atoms with van der Waals surface area (Å²) in [7, 11) is 1.69. The van der Waals surface area contributed by atoms with Gasteiger partial charge in [-0.2, -0.15) is 13.2 Å². The molecule has 0 spiro atoms. The van der Waals surface area contributed by atoms with E-state index in [2.05, 4.69) is 4.98 Å². The maximum atomic E-state index is 13.4. The Morgan fingerprint density at radius 1 is 1.21 bits per heavy atom. The van der Waals surface area contributed by atoms with Crippen molar-refractivity contribution in [2.75, 3.05) is 19.8 Å². The van der Waals surface area contributed by atoms with Crippen molar-refractivity contribution in [2.24, 2.45) is 7.05 Å². The molecule has 1 aromatic carbocycles. The molecule has 1 aliphatic heterocycles. The van der Waals surface area contributed by atoms with Crippen LogP contribution in [-0.4, -0.2) is 35.7 Å². The summed E-state index contributed by atoms with van der Waals surface area (Å²) < 4.78 is 58.6. The van der Waals surface area contributed by atoms with E-state index in [1.807, 2.05) is 13.8 Å². The Kier molecular flexibility index (Phi) is 9.42. The monoisotopic (exact) mass is 418 g/mol. The smallest absolute Gasteiger partial charge is 0.416 e. The molecule has 1 fully saturated rings. The first kappa shape index (κ1) is 25.2. The lowest BCUT2D eigenvalue weighted by molar-refractivity contribution is -0.165. The molecule has 3 rings (SSSR count). The fourth-order valence-electron chi connectivity index (χ4n) is 3.14. The number of rotatable bonds is 5. The predicted molar refractivity (Wildman–Crippen MR) is 108 cm³/mol. The maximum absolute atomic E-state index is 13.4. The van der Waals surface area contributed by atoms with Crippen molar-refractivity contribution in [3.63, 3.8) is 0 Å². The number of fused-ring (bicyclic) bond motifs is 1. The number of ether oxygens (including phenoxy) is 3. The zero-order valence-electron chi connectivity index (χ0n) is 17.2. The van der Waals surface area contributed by atoms with Gasteiger partial charge in [-0.05, 0) is 39.2 Å². The third-order valence-corrected chi connectivity index (χ3v) is 4.68. The van der Waals surface area contributed by atoms with Crippen LogP contribution in [0.5, 0.6) is 5.75 Å². The summed E-state index contributed by atoms with van der Waals surface area (Å²) in [6.07, 6.45) is -1.82. The zero-order valence-corrected chi connectivity index (χ0v) is 17.2. The average molecular weight is 419 g/mol. The molecule has 0 amide bonds. The van der Waals surface area contributed by atoms with Crippen LogP contribution in [0, 0.1) is 13.8 Å². The first-order valence-corrected chi connectivity index (χ1v) is 9.69. The Labute approximate surface area is 171 Å². The van der Waals surface area contributed by atoms with Crippen LogP contribution in [0.15, 0.2) is 6.07 Å². The van der Waals surface area contributed by atoms with Crippen molar-refractivity contribution < 1.29 is 27.4 Å². The maximum Gasteiger partial charge on any atom is 0.416 e. The fraction of sp³-hybridized carbons (Fsp3) is 0.667. The SMILES string of the molecule is C.CC.Cc1c(C(F)(F)F)cc2c(nc(C)n2C)c1OCCOC1CCCCO1. The Hall–Kier alpha value is -1.80. The van der Waals surface area contributed by atoms with Crippen LogP contribution in [-0.2, 0) is 22.7 Å². The lowest BCUT2D eigenvalue weighted by Crippen LogP contribution is -2.24. The first-order valence-electron chi connectivity index (χ1n) is 9.69. The molecular weight excluding hydrogens is 385 g/mol. The highest BCUT2D eigenvalue weighted by Gasteiger charge is 2.35. The molecule has 2 aromatic rings. The van der Waals surface area contributed by atoms with Crippen molar-refractivity contribution >= 4 is 11.0 Å². The molecular formula is C21H33F3N2O3. The standard InChI is InChI=1S/C18H23F3N2O3.C2H6.CH4/c1-11-13(18(19,20)21)10-14-16(22-12(2)23(14)3)17(11)26-9-8-25-15-6-4-5-7-24-15;1-2;/h10,15H,4-9H2,1-3H3;1-2H3;1H4. The Morgan fingerprint density at radius 3 is 2.48 bits per heavy atom. The van der Waals surface area contributed by atoms with Gasteiger partial charge in [0.25, 0.3) is 0 Å². The number of aryl methyl sites for hydroxylation is 2. The van der Waals surface area contributed by atoms with Gasteiger partial charge in [0, 0.05) is 19.2 Å². The molecule has 2 heterocycles. The van der Waals surface area contributed by atoms with Crippen LogP contribution in [0.4, 0.5) is 13.2 Å². The highest BCUT2D eigenvalue weighted by Crippen LogP contribution is 2.40. The Morgan fingerprint density at radius 2 is 1.90 bits per heavy atom. The van der Waals surface area contributed by atoms with Crippen molar-refractivity contribution in [3.05, 3.63) is 23.0 Å². The van der Waals surface area contributed by atoms with Gasteiger partial charge in [0.05, 0.1) is 17.7 Å². The van der Waals surface area contributed by atoms with E-state index in [-0.39, 0.29) is 38.2 Å². The molecule has 1 saturated heterocycles. The van der Waals surface area contributed by atoms with E-state index in [1.165, 1.54) is 6.92 Å². The fourth-order valence-corrected chi connectivity index (χ4v) is 3.14. The number of hydrogen-bond acceptors (Lipinski definition) is 4. The van der Waals surface area contributed by atoms with Gasteiger partial charge in [0.2, 0.25) is 0 Å². The second-order valence-corrected chi connectivity index (χ2v) is 6.48. The highest BCUT2D eigenvalue weighted by atomic mass is 19.4. The minimum atomic E-state index is -4.46. The minimum absolute atomic E-state index is 0. The van der Waals surface area contributed by atoms with Crippen molar-refractivity contribution in [2.45, 2.75) is 66.9 Å². The molecule has 0 N–H and O–H groups in total. The van der Waals surface area contributed by atoms with Crippen LogP contribution in [0.25, 0.3) is 11.0 Å². The van der Waals surface area contributed by atoms with E-state index in [0.29, 0.717) is 23.5 Å². The largest absolute Gasteiger partial charge is 0.489 e. The quantitative estimate of drug-likeness (QED) is 0.576. The molecule has 29 heavy (non-hydrogen) atoms. The van der Waals surface area contributed by atoms with E-state index in [9.17, 15) is 13.2 Å². The van der Waals surface area contributed by atoms with Crippen molar-refractivity contribution in [1.29, 1.82) is 0 Å². The number of halogens is 3. The van der Waals surface area contributed by atoms with Gasteiger partial charge in [0.15, 0.2) is 12.0 Å². The van der Waals surface area contributed by atoms with Gasteiger partial charge in [-0.1, -0.05) is 21.3 Å². The normalized spacial score (nSPS) is 16.8. The van der Waals surface area contributed by atoms with Crippen LogP contribution in [0.1, 0.15) is 57.5 Å². The first-order chi connectivity index (χ1) is 13.3. The summed E-state index contributed by atoms with van der Waals surface area (Å²) >= 11 is 0. The van der Waals surface area contributed by atoms with Gasteiger partial charge in [-0.25, -0.2) is 4.98 Å².